The van der Waals surface area contributed by atoms with Crippen molar-refractivity contribution in [2.24, 2.45) is 0 Å². The second-order valence-electron chi connectivity index (χ2n) is 4.28. The molecule has 0 spiro atoms. The first kappa shape index (κ1) is 16.4. The molecule has 0 aromatic heterocycles. The van der Waals surface area contributed by atoms with Gasteiger partial charge in [0.25, 0.3) is 5.69 Å². The quantitative estimate of drug-likeness (QED) is 0.453. The van der Waals surface area contributed by atoms with Gasteiger partial charge in [0.15, 0.2) is 6.10 Å². The summed E-state index contributed by atoms with van der Waals surface area (Å²) in [5, 5.41) is 32.9. The fourth-order valence-corrected chi connectivity index (χ4v) is 1.51. The predicted molar refractivity (Wildman–Crippen MR) is 73.1 cm³/mol. The number of non-ortho nitro benzene ring substituents is 1. The third kappa shape index (κ3) is 5.07. The zero-order valence-electron chi connectivity index (χ0n) is 11.2. The number of carboxylic acid groups (broad SMARTS) is 1. The SMILES string of the molecule is Cc1cc([N+](=O)[O-])ccc1NC(=O)NCC[C@H](O)C(=O)O. The lowest BCUT2D eigenvalue weighted by molar-refractivity contribution is -0.384. The van der Waals surface area contributed by atoms with Gasteiger partial charge in [-0.2, -0.15) is 0 Å². The topological polar surface area (TPSA) is 142 Å². The molecule has 21 heavy (non-hydrogen) atoms. The van der Waals surface area contributed by atoms with Crippen molar-refractivity contribution in [2.75, 3.05) is 11.9 Å². The van der Waals surface area contributed by atoms with E-state index in [1.54, 1.807) is 6.92 Å². The Kier molecular flexibility index (Phi) is 5.61. The van der Waals surface area contributed by atoms with Crippen LogP contribution in [0.3, 0.4) is 0 Å². The molecule has 0 aliphatic carbocycles. The summed E-state index contributed by atoms with van der Waals surface area (Å²) in [6.07, 6.45) is -1.66. The van der Waals surface area contributed by atoms with E-state index in [0.717, 1.165) is 0 Å². The van der Waals surface area contributed by atoms with Crippen LogP contribution in [-0.4, -0.2) is 39.8 Å². The molecule has 0 fully saturated rings. The summed E-state index contributed by atoms with van der Waals surface area (Å²) < 4.78 is 0. The number of urea groups is 1. The Labute approximate surface area is 119 Å². The molecule has 0 heterocycles. The number of aryl methyl sites for hydroxylation is 1. The van der Waals surface area contributed by atoms with E-state index in [2.05, 4.69) is 10.6 Å². The Bertz CT molecular complexity index is 560. The van der Waals surface area contributed by atoms with Crippen LogP contribution in [-0.2, 0) is 4.79 Å². The molecular weight excluding hydrogens is 282 g/mol. The maximum absolute atomic E-state index is 11.5. The lowest BCUT2D eigenvalue weighted by atomic mass is 10.2. The predicted octanol–water partition coefficient (Wildman–Crippen LogP) is 0.860. The van der Waals surface area contributed by atoms with Gasteiger partial charge in [0, 0.05) is 30.8 Å². The number of aliphatic hydroxyl groups is 1. The maximum atomic E-state index is 11.5. The Balaban J connectivity index is 2.52. The summed E-state index contributed by atoms with van der Waals surface area (Å²) in [4.78, 5) is 32.0. The van der Waals surface area contributed by atoms with Gasteiger partial charge in [-0.1, -0.05) is 0 Å². The second-order valence-corrected chi connectivity index (χ2v) is 4.28. The number of rotatable bonds is 6. The van der Waals surface area contributed by atoms with E-state index in [1.807, 2.05) is 0 Å². The zero-order valence-corrected chi connectivity index (χ0v) is 11.2. The van der Waals surface area contributed by atoms with Gasteiger partial charge < -0.3 is 20.8 Å². The monoisotopic (exact) mass is 297 g/mol. The highest BCUT2D eigenvalue weighted by atomic mass is 16.6. The molecule has 9 heteroatoms. The summed E-state index contributed by atoms with van der Waals surface area (Å²) in [6, 6.07) is 3.39. The Hall–Kier alpha value is -2.68. The fourth-order valence-electron chi connectivity index (χ4n) is 1.51. The minimum absolute atomic E-state index is 0.0225. The Morgan fingerprint density at radius 1 is 1.43 bits per heavy atom. The molecule has 0 bridgehead atoms. The van der Waals surface area contributed by atoms with Crippen LogP contribution in [0, 0.1) is 17.0 Å². The molecule has 0 aliphatic heterocycles. The average Bonchev–Trinajstić information content (AvgIpc) is 2.40. The Morgan fingerprint density at radius 2 is 2.10 bits per heavy atom. The summed E-state index contributed by atoms with van der Waals surface area (Å²) in [5.41, 5.74) is 0.838. The van der Waals surface area contributed by atoms with Crippen molar-refractivity contribution in [1.82, 2.24) is 5.32 Å². The van der Waals surface area contributed by atoms with Crippen LogP contribution in [0.4, 0.5) is 16.2 Å². The average molecular weight is 297 g/mol. The molecule has 9 nitrogen and oxygen atoms in total. The summed E-state index contributed by atoms with van der Waals surface area (Å²) in [7, 11) is 0. The van der Waals surface area contributed by atoms with Gasteiger partial charge in [-0.3, -0.25) is 10.1 Å². The number of nitrogens with zero attached hydrogens (tertiary/aromatic N) is 1. The molecule has 4 N–H and O–H groups in total. The Morgan fingerprint density at radius 3 is 2.62 bits per heavy atom. The molecule has 2 amide bonds. The molecule has 1 aromatic rings. The van der Waals surface area contributed by atoms with E-state index in [-0.39, 0.29) is 18.7 Å². The molecule has 0 aliphatic rings. The number of aliphatic hydroxyl groups excluding tert-OH is 1. The van der Waals surface area contributed by atoms with Crippen LogP contribution < -0.4 is 10.6 Å². The highest BCUT2D eigenvalue weighted by molar-refractivity contribution is 5.90. The van der Waals surface area contributed by atoms with Gasteiger partial charge in [-0.15, -0.1) is 0 Å². The maximum Gasteiger partial charge on any atom is 0.332 e. The molecule has 1 aromatic carbocycles. The van der Waals surface area contributed by atoms with Crippen LogP contribution in [0.15, 0.2) is 18.2 Å². The number of amides is 2. The van der Waals surface area contributed by atoms with Crippen molar-refractivity contribution in [2.45, 2.75) is 19.4 Å². The molecular formula is C12H15N3O6. The van der Waals surface area contributed by atoms with Crippen LogP contribution >= 0.6 is 0 Å². The fraction of sp³-hybridized carbons (Fsp3) is 0.333. The van der Waals surface area contributed by atoms with Crippen LogP contribution in [0.5, 0.6) is 0 Å². The smallest absolute Gasteiger partial charge is 0.332 e. The number of hydrogen-bond donors (Lipinski definition) is 4. The third-order valence-corrected chi connectivity index (χ3v) is 2.66. The number of nitro groups is 1. The molecule has 0 saturated heterocycles. The number of hydrogen-bond acceptors (Lipinski definition) is 5. The van der Waals surface area contributed by atoms with E-state index < -0.39 is 23.0 Å². The van der Waals surface area contributed by atoms with Gasteiger partial charge >= 0.3 is 12.0 Å². The van der Waals surface area contributed by atoms with Crippen LogP contribution in [0.25, 0.3) is 0 Å². The van der Waals surface area contributed by atoms with Crippen LogP contribution in [0.1, 0.15) is 12.0 Å². The summed E-state index contributed by atoms with van der Waals surface area (Å²) in [6.45, 7) is 1.59. The van der Waals surface area contributed by atoms with Crippen molar-refractivity contribution < 1.29 is 24.7 Å². The number of anilines is 1. The normalized spacial score (nSPS) is 11.5. The number of nitrogens with one attached hydrogen (secondary N) is 2. The third-order valence-electron chi connectivity index (χ3n) is 2.66. The van der Waals surface area contributed by atoms with E-state index >= 15 is 0 Å². The minimum atomic E-state index is -1.54. The molecule has 0 unspecified atom stereocenters. The lowest BCUT2D eigenvalue weighted by Crippen LogP contribution is -2.33. The minimum Gasteiger partial charge on any atom is -0.479 e. The molecule has 0 radical (unpaired) electrons. The first-order valence-corrected chi connectivity index (χ1v) is 6.02. The van der Waals surface area contributed by atoms with Crippen molar-refractivity contribution in [3.8, 4) is 0 Å². The van der Waals surface area contributed by atoms with Crippen molar-refractivity contribution in [1.29, 1.82) is 0 Å². The van der Waals surface area contributed by atoms with E-state index in [4.69, 9.17) is 10.2 Å². The van der Waals surface area contributed by atoms with Gasteiger partial charge in [0.2, 0.25) is 0 Å². The second kappa shape index (κ2) is 7.20. The van der Waals surface area contributed by atoms with Crippen molar-refractivity contribution in [3.05, 3.63) is 33.9 Å². The van der Waals surface area contributed by atoms with Gasteiger partial charge in [0.05, 0.1) is 4.92 Å². The number of nitro benzene ring substituents is 1. The number of benzene rings is 1. The number of aliphatic carboxylic acids is 1. The first-order valence-electron chi connectivity index (χ1n) is 6.02. The highest BCUT2D eigenvalue weighted by Crippen LogP contribution is 2.20. The molecule has 1 atom stereocenters. The highest BCUT2D eigenvalue weighted by Gasteiger charge is 2.13. The lowest BCUT2D eigenvalue weighted by Gasteiger charge is -2.10. The zero-order chi connectivity index (χ0) is 16.0. The molecule has 114 valence electrons. The van der Waals surface area contributed by atoms with Gasteiger partial charge in [0.1, 0.15) is 0 Å². The number of carboxylic acids is 1. The number of carbonyl (C=O) groups excluding carboxylic acids is 1. The first-order chi connectivity index (χ1) is 9.81. The van der Waals surface area contributed by atoms with E-state index in [0.29, 0.717) is 11.3 Å². The molecule has 1 rings (SSSR count). The van der Waals surface area contributed by atoms with E-state index in [1.165, 1.54) is 18.2 Å². The van der Waals surface area contributed by atoms with Gasteiger partial charge in [-0.05, 0) is 18.6 Å². The summed E-state index contributed by atoms with van der Waals surface area (Å²) >= 11 is 0. The van der Waals surface area contributed by atoms with Gasteiger partial charge in [-0.25, -0.2) is 9.59 Å². The van der Waals surface area contributed by atoms with E-state index in [9.17, 15) is 19.7 Å². The van der Waals surface area contributed by atoms with Crippen molar-refractivity contribution in [3.63, 3.8) is 0 Å². The molecule has 0 saturated carbocycles. The van der Waals surface area contributed by atoms with Crippen LogP contribution in [0.2, 0.25) is 0 Å². The largest absolute Gasteiger partial charge is 0.479 e. The number of carbonyl (C=O) groups is 2. The summed E-state index contributed by atoms with van der Waals surface area (Å²) in [5.74, 6) is -1.36. The standard InChI is InChI=1S/C12H15N3O6/c1-7-6-8(15(20)21)2-3-9(7)14-12(19)13-5-4-10(16)11(17)18/h2-3,6,10,16H,4-5H2,1H3,(H,17,18)(H2,13,14,19)/t10-/m0/s1. The van der Waals surface area contributed by atoms with Crippen molar-refractivity contribution >= 4 is 23.4 Å².